The van der Waals surface area contributed by atoms with Crippen LogP contribution in [0.3, 0.4) is 0 Å². The molecule has 0 aromatic rings. The standard InChI is InChI=1S/C10H18O2/c1-7(12-4)9-5-8(6-11)10(9,2)3/h8,11H,5-6H2,1-4H3/b9-7+/t8-/m0/s1. The maximum absolute atomic E-state index is 9.03. The first-order valence-corrected chi connectivity index (χ1v) is 4.39. The lowest BCUT2D eigenvalue weighted by Crippen LogP contribution is -2.40. The first-order valence-electron chi connectivity index (χ1n) is 4.39. The van der Waals surface area contributed by atoms with Crippen molar-refractivity contribution >= 4 is 0 Å². The van der Waals surface area contributed by atoms with Crippen LogP contribution >= 0.6 is 0 Å². The summed E-state index contributed by atoms with van der Waals surface area (Å²) in [7, 11) is 1.70. The summed E-state index contributed by atoms with van der Waals surface area (Å²) in [6.45, 7) is 6.60. The van der Waals surface area contributed by atoms with Crippen LogP contribution in [-0.4, -0.2) is 18.8 Å². The van der Waals surface area contributed by atoms with Gasteiger partial charge in [-0.3, -0.25) is 0 Å². The molecule has 0 bridgehead atoms. The van der Waals surface area contributed by atoms with Gasteiger partial charge < -0.3 is 9.84 Å². The van der Waals surface area contributed by atoms with E-state index in [1.807, 2.05) is 6.92 Å². The summed E-state index contributed by atoms with van der Waals surface area (Å²) >= 11 is 0. The molecule has 1 rings (SSSR count). The summed E-state index contributed by atoms with van der Waals surface area (Å²) in [4.78, 5) is 0. The number of ether oxygens (including phenoxy) is 1. The van der Waals surface area contributed by atoms with Crippen LogP contribution < -0.4 is 0 Å². The van der Waals surface area contributed by atoms with Gasteiger partial charge in [0.2, 0.25) is 0 Å². The van der Waals surface area contributed by atoms with Gasteiger partial charge in [0, 0.05) is 6.61 Å². The minimum atomic E-state index is 0.134. The van der Waals surface area contributed by atoms with Gasteiger partial charge >= 0.3 is 0 Å². The molecule has 2 nitrogen and oxygen atoms in total. The summed E-state index contributed by atoms with van der Waals surface area (Å²) < 4.78 is 5.18. The van der Waals surface area contributed by atoms with E-state index < -0.39 is 0 Å². The van der Waals surface area contributed by atoms with E-state index in [0.717, 1.165) is 12.2 Å². The van der Waals surface area contributed by atoms with Crippen LogP contribution in [0.25, 0.3) is 0 Å². The molecule has 1 saturated carbocycles. The molecule has 0 spiro atoms. The second-order valence-corrected chi connectivity index (χ2v) is 4.04. The first kappa shape index (κ1) is 9.59. The highest BCUT2D eigenvalue weighted by molar-refractivity contribution is 5.26. The van der Waals surface area contributed by atoms with E-state index in [9.17, 15) is 0 Å². The van der Waals surface area contributed by atoms with Gasteiger partial charge in [0.1, 0.15) is 0 Å². The topological polar surface area (TPSA) is 29.5 Å². The van der Waals surface area contributed by atoms with Crippen LogP contribution in [-0.2, 0) is 4.74 Å². The minimum Gasteiger partial charge on any atom is -0.501 e. The molecular formula is C10H18O2. The van der Waals surface area contributed by atoms with E-state index in [0.29, 0.717) is 5.92 Å². The molecule has 0 amide bonds. The Hall–Kier alpha value is -0.500. The van der Waals surface area contributed by atoms with E-state index >= 15 is 0 Å². The zero-order chi connectivity index (χ0) is 9.35. The molecule has 0 radical (unpaired) electrons. The van der Waals surface area contributed by atoms with Crippen molar-refractivity contribution in [1.29, 1.82) is 0 Å². The van der Waals surface area contributed by atoms with E-state index in [1.54, 1.807) is 7.11 Å². The van der Waals surface area contributed by atoms with Gasteiger partial charge in [0.25, 0.3) is 0 Å². The average molecular weight is 170 g/mol. The highest BCUT2D eigenvalue weighted by atomic mass is 16.5. The van der Waals surface area contributed by atoms with Crippen LogP contribution in [0.1, 0.15) is 27.2 Å². The van der Waals surface area contributed by atoms with E-state index in [4.69, 9.17) is 9.84 Å². The van der Waals surface area contributed by atoms with Crippen molar-refractivity contribution in [3.8, 4) is 0 Å². The van der Waals surface area contributed by atoms with Crippen molar-refractivity contribution < 1.29 is 9.84 Å². The molecular weight excluding hydrogens is 152 g/mol. The van der Waals surface area contributed by atoms with Crippen LogP contribution in [0.5, 0.6) is 0 Å². The van der Waals surface area contributed by atoms with Crippen molar-refractivity contribution in [3.63, 3.8) is 0 Å². The number of hydrogen-bond donors (Lipinski definition) is 1. The molecule has 70 valence electrons. The highest BCUT2D eigenvalue weighted by Crippen LogP contribution is 2.51. The fourth-order valence-electron chi connectivity index (χ4n) is 1.89. The number of rotatable bonds is 2. The Kier molecular flexibility index (Phi) is 2.47. The third-order valence-corrected chi connectivity index (χ3v) is 3.20. The van der Waals surface area contributed by atoms with Crippen LogP contribution in [0.4, 0.5) is 0 Å². The first-order chi connectivity index (χ1) is 5.54. The lowest BCUT2D eigenvalue weighted by atomic mass is 9.58. The minimum absolute atomic E-state index is 0.134. The molecule has 0 aromatic carbocycles. The Morgan fingerprint density at radius 1 is 1.67 bits per heavy atom. The molecule has 1 aliphatic carbocycles. The van der Waals surface area contributed by atoms with Crippen LogP contribution in [0.15, 0.2) is 11.3 Å². The van der Waals surface area contributed by atoms with Crippen LogP contribution in [0.2, 0.25) is 0 Å². The Bertz CT molecular complexity index is 204. The predicted octanol–water partition coefficient (Wildman–Crippen LogP) is 1.95. The van der Waals surface area contributed by atoms with E-state index in [-0.39, 0.29) is 12.0 Å². The van der Waals surface area contributed by atoms with Crippen molar-refractivity contribution in [2.45, 2.75) is 27.2 Å². The molecule has 12 heavy (non-hydrogen) atoms. The number of aliphatic hydroxyl groups excluding tert-OH is 1. The molecule has 0 aliphatic heterocycles. The maximum atomic E-state index is 9.03. The highest BCUT2D eigenvalue weighted by Gasteiger charge is 2.44. The van der Waals surface area contributed by atoms with Crippen molar-refractivity contribution in [2.24, 2.45) is 11.3 Å². The van der Waals surface area contributed by atoms with Gasteiger partial charge in [-0.1, -0.05) is 13.8 Å². The fourth-order valence-corrected chi connectivity index (χ4v) is 1.89. The van der Waals surface area contributed by atoms with Crippen molar-refractivity contribution in [3.05, 3.63) is 11.3 Å². The molecule has 1 N–H and O–H groups in total. The molecule has 0 aromatic heterocycles. The molecule has 1 fully saturated rings. The lowest BCUT2D eigenvalue weighted by molar-refractivity contribution is 0.0748. The Balaban J connectivity index is 2.77. The summed E-state index contributed by atoms with van der Waals surface area (Å²) in [5.74, 6) is 1.43. The molecule has 0 unspecified atom stereocenters. The Labute approximate surface area is 74.2 Å². The van der Waals surface area contributed by atoms with Gasteiger partial charge in [-0.15, -0.1) is 0 Å². The largest absolute Gasteiger partial charge is 0.501 e. The zero-order valence-electron chi connectivity index (χ0n) is 8.35. The number of allylic oxidation sites excluding steroid dienone is 2. The smallest absolute Gasteiger partial charge is 0.0922 e. The number of aliphatic hydroxyl groups is 1. The van der Waals surface area contributed by atoms with Crippen molar-refractivity contribution in [1.82, 2.24) is 0 Å². The van der Waals surface area contributed by atoms with Crippen molar-refractivity contribution in [2.75, 3.05) is 13.7 Å². The third kappa shape index (κ3) is 1.24. The normalized spacial score (nSPS) is 30.9. The second-order valence-electron chi connectivity index (χ2n) is 4.04. The zero-order valence-corrected chi connectivity index (χ0v) is 8.35. The fraction of sp³-hybridized carbons (Fsp3) is 0.800. The maximum Gasteiger partial charge on any atom is 0.0922 e. The molecule has 2 heteroatoms. The third-order valence-electron chi connectivity index (χ3n) is 3.20. The number of hydrogen-bond acceptors (Lipinski definition) is 2. The average Bonchev–Trinajstić information content (AvgIpc) is 2.03. The van der Waals surface area contributed by atoms with Gasteiger partial charge in [0.15, 0.2) is 0 Å². The lowest BCUT2D eigenvalue weighted by Gasteiger charge is -2.47. The molecule has 0 heterocycles. The Morgan fingerprint density at radius 2 is 2.25 bits per heavy atom. The second kappa shape index (κ2) is 3.09. The summed E-state index contributed by atoms with van der Waals surface area (Å²) in [5, 5.41) is 9.03. The number of methoxy groups -OCH3 is 1. The van der Waals surface area contributed by atoms with Gasteiger partial charge in [-0.05, 0) is 30.3 Å². The summed E-state index contributed by atoms with van der Waals surface area (Å²) in [5.41, 5.74) is 1.48. The van der Waals surface area contributed by atoms with E-state index in [2.05, 4.69) is 13.8 Å². The van der Waals surface area contributed by atoms with Crippen LogP contribution in [0, 0.1) is 11.3 Å². The molecule has 0 saturated heterocycles. The summed E-state index contributed by atoms with van der Waals surface area (Å²) in [6, 6.07) is 0. The quantitative estimate of drug-likeness (QED) is 0.642. The van der Waals surface area contributed by atoms with Gasteiger partial charge in [0.05, 0.1) is 12.9 Å². The predicted molar refractivity (Wildman–Crippen MR) is 48.7 cm³/mol. The molecule has 1 aliphatic rings. The van der Waals surface area contributed by atoms with Gasteiger partial charge in [-0.25, -0.2) is 0 Å². The summed E-state index contributed by atoms with van der Waals surface area (Å²) in [6.07, 6.45) is 0.989. The molecule has 1 atom stereocenters. The Morgan fingerprint density at radius 3 is 2.58 bits per heavy atom. The van der Waals surface area contributed by atoms with Gasteiger partial charge in [-0.2, -0.15) is 0 Å². The monoisotopic (exact) mass is 170 g/mol. The van der Waals surface area contributed by atoms with E-state index in [1.165, 1.54) is 5.57 Å². The SMILES string of the molecule is CO/C(C)=C1\C[C@@H](CO)C1(C)C.